The number of carbonyl (C=O) groups is 1. The molecule has 0 amide bonds. The molecule has 4 nitrogen and oxygen atoms in total. The molecule has 16 heavy (non-hydrogen) atoms. The molecule has 2 radical (unpaired) electrons. The lowest BCUT2D eigenvalue weighted by molar-refractivity contribution is 0.101. The molecule has 1 aliphatic heterocycles. The molecule has 0 N–H and O–H groups in total. The molecule has 2 rings (SSSR count). The quantitative estimate of drug-likeness (QED) is 0.550. The van der Waals surface area contributed by atoms with Crippen molar-refractivity contribution in [2.24, 2.45) is 0 Å². The standard InChI is InChI=1S/C11H13BN2O2/c12-8-10(15)9-2-1-3-11(13-9)14-4-6-16-7-5-14/h1-3H,4-8H2. The number of ether oxygens (including phenoxy) is 1. The number of hydrogen-bond donors (Lipinski definition) is 0. The summed E-state index contributed by atoms with van der Waals surface area (Å²) in [6.45, 7) is 3.04. The fraction of sp³-hybridized carbons (Fsp3) is 0.455. The van der Waals surface area contributed by atoms with E-state index in [9.17, 15) is 4.79 Å². The number of morpholine rings is 1. The number of rotatable bonds is 3. The van der Waals surface area contributed by atoms with Gasteiger partial charge < -0.3 is 9.64 Å². The van der Waals surface area contributed by atoms with Crippen molar-refractivity contribution in [1.29, 1.82) is 0 Å². The topological polar surface area (TPSA) is 42.4 Å². The van der Waals surface area contributed by atoms with E-state index in [4.69, 9.17) is 12.6 Å². The average Bonchev–Trinajstić information content (AvgIpc) is 2.39. The van der Waals surface area contributed by atoms with Gasteiger partial charge in [-0.3, -0.25) is 4.79 Å². The Kier molecular flexibility index (Phi) is 3.56. The zero-order valence-corrected chi connectivity index (χ0v) is 9.06. The van der Waals surface area contributed by atoms with E-state index in [1.165, 1.54) is 0 Å². The van der Waals surface area contributed by atoms with Crippen LogP contribution in [-0.4, -0.2) is 44.9 Å². The van der Waals surface area contributed by atoms with Crippen LogP contribution in [0, 0.1) is 0 Å². The molecule has 0 atom stereocenters. The van der Waals surface area contributed by atoms with Crippen molar-refractivity contribution in [1.82, 2.24) is 4.98 Å². The van der Waals surface area contributed by atoms with Crippen molar-refractivity contribution in [3.8, 4) is 0 Å². The average molecular weight is 216 g/mol. The minimum absolute atomic E-state index is 0.000432. The van der Waals surface area contributed by atoms with Crippen molar-refractivity contribution in [3.05, 3.63) is 23.9 Å². The lowest BCUT2D eigenvalue weighted by atomic mass is 9.99. The van der Waals surface area contributed by atoms with Crippen LogP contribution in [0.15, 0.2) is 18.2 Å². The number of anilines is 1. The second kappa shape index (κ2) is 5.12. The zero-order chi connectivity index (χ0) is 11.4. The van der Waals surface area contributed by atoms with E-state index >= 15 is 0 Å². The fourth-order valence-corrected chi connectivity index (χ4v) is 1.65. The summed E-state index contributed by atoms with van der Waals surface area (Å²) < 4.78 is 5.26. The van der Waals surface area contributed by atoms with Gasteiger partial charge in [0.15, 0.2) is 5.78 Å². The van der Waals surface area contributed by atoms with Gasteiger partial charge in [-0.1, -0.05) is 6.07 Å². The summed E-state index contributed by atoms with van der Waals surface area (Å²) in [7, 11) is 5.31. The Labute approximate surface area is 96.0 Å². The first-order valence-electron chi connectivity index (χ1n) is 5.34. The zero-order valence-electron chi connectivity index (χ0n) is 9.06. The van der Waals surface area contributed by atoms with Gasteiger partial charge in [0.25, 0.3) is 0 Å². The lowest BCUT2D eigenvalue weighted by Gasteiger charge is -2.27. The lowest BCUT2D eigenvalue weighted by Crippen LogP contribution is -2.36. The molecule has 0 spiro atoms. The largest absolute Gasteiger partial charge is 0.378 e. The predicted octanol–water partition coefficient (Wildman–Crippen LogP) is 0.688. The molecule has 1 aromatic rings. The summed E-state index contributed by atoms with van der Waals surface area (Å²) in [6, 6.07) is 5.43. The number of hydrogen-bond acceptors (Lipinski definition) is 4. The molecule has 0 aromatic carbocycles. The van der Waals surface area contributed by atoms with E-state index in [-0.39, 0.29) is 12.1 Å². The molecular formula is C11H13BN2O2. The number of Topliss-reactive ketones (excluding diaryl/α,β-unsaturated/α-hetero) is 1. The van der Waals surface area contributed by atoms with Gasteiger partial charge >= 0.3 is 0 Å². The van der Waals surface area contributed by atoms with E-state index in [0.29, 0.717) is 18.9 Å². The third-order valence-corrected chi connectivity index (χ3v) is 2.54. The molecule has 2 heterocycles. The van der Waals surface area contributed by atoms with Crippen LogP contribution in [0.25, 0.3) is 0 Å². The minimum Gasteiger partial charge on any atom is -0.378 e. The third kappa shape index (κ3) is 2.42. The van der Waals surface area contributed by atoms with E-state index < -0.39 is 0 Å². The first-order valence-corrected chi connectivity index (χ1v) is 5.34. The van der Waals surface area contributed by atoms with Crippen LogP contribution in [0.3, 0.4) is 0 Å². The van der Waals surface area contributed by atoms with Crippen molar-refractivity contribution in [3.63, 3.8) is 0 Å². The Morgan fingerprint density at radius 2 is 2.19 bits per heavy atom. The summed E-state index contributed by atoms with van der Waals surface area (Å²) in [4.78, 5) is 17.8. The monoisotopic (exact) mass is 216 g/mol. The number of nitrogens with zero attached hydrogens (tertiary/aromatic N) is 2. The maximum atomic E-state index is 11.4. The second-order valence-electron chi connectivity index (χ2n) is 3.61. The Balaban J connectivity index is 2.17. The third-order valence-electron chi connectivity index (χ3n) is 2.54. The normalized spacial score (nSPS) is 16.1. The van der Waals surface area contributed by atoms with Gasteiger partial charge in [0.05, 0.1) is 21.1 Å². The summed E-state index contributed by atoms with van der Waals surface area (Å²) >= 11 is 0. The van der Waals surface area contributed by atoms with E-state index in [1.807, 2.05) is 12.1 Å². The van der Waals surface area contributed by atoms with Crippen LogP contribution < -0.4 is 4.90 Å². The van der Waals surface area contributed by atoms with Crippen molar-refractivity contribution < 1.29 is 9.53 Å². The highest BCUT2D eigenvalue weighted by molar-refractivity contribution is 6.23. The summed E-state index contributed by atoms with van der Waals surface area (Å²) in [5.74, 6) is 0.692. The van der Waals surface area contributed by atoms with E-state index in [2.05, 4.69) is 9.88 Å². The molecule has 1 aliphatic rings. The summed E-state index contributed by atoms with van der Waals surface area (Å²) in [6.07, 6.45) is -0.000432. The number of pyridine rings is 1. The van der Waals surface area contributed by atoms with E-state index in [1.54, 1.807) is 6.07 Å². The first-order chi connectivity index (χ1) is 7.81. The van der Waals surface area contributed by atoms with Gasteiger partial charge in [0.1, 0.15) is 11.5 Å². The fourth-order valence-electron chi connectivity index (χ4n) is 1.65. The van der Waals surface area contributed by atoms with Gasteiger partial charge in [-0.15, -0.1) is 0 Å². The predicted molar refractivity (Wildman–Crippen MR) is 62.2 cm³/mol. The molecule has 1 aromatic heterocycles. The molecule has 82 valence electrons. The Bertz CT molecular complexity index is 378. The number of aromatic nitrogens is 1. The molecule has 0 unspecified atom stereocenters. The highest BCUT2D eigenvalue weighted by Gasteiger charge is 2.13. The maximum Gasteiger partial charge on any atom is 0.172 e. The van der Waals surface area contributed by atoms with Crippen LogP contribution in [0.1, 0.15) is 10.5 Å². The Morgan fingerprint density at radius 3 is 2.88 bits per heavy atom. The van der Waals surface area contributed by atoms with Crippen LogP contribution in [0.5, 0.6) is 0 Å². The van der Waals surface area contributed by atoms with Crippen LogP contribution in [-0.2, 0) is 4.74 Å². The summed E-state index contributed by atoms with van der Waals surface area (Å²) in [5.41, 5.74) is 0.437. The first kappa shape index (κ1) is 11.1. The molecule has 0 saturated carbocycles. The second-order valence-corrected chi connectivity index (χ2v) is 3.61. The molecule has 1 fully saturated rings. The SMILES string of the molecule is [B]CC(=O)c1cccc(N2CCOCC2)n1. The smallest absolute Gasteiger partial charge is 0.172 e. The van der Waals surface area contributed by atoms with Crippen LogP contribution in [0.2, 0.25) is 6.32 Å². The van der Waals surface area contributed by atoms with Gasteiger partial charge in [0.2, 0.25) is 0 Å². The van der Waals surface area contributed by atoms with Gasteiger partial charge in [-0.25, -0.2) is 4.98 Å². The highest BCUT2D eigenvalue weighted by Crippen LogP contribution is 2.13. The van der Waals surface area contributed by atoms with Crippen molar-refractivity contribution >= 4 is 19.4 Å². The number of ketones is 1. The van der Waals surface area contributed by atoms with Gasteiger partial charge in [-0.05, 0) is 18.5 Å². The molecule has 5 heteroatoms. The van der Waals surface area contributed by atoms with Crippen LogP contribution in [0.4, 0.5) is 5.82 Å². The van der Waals surface area contributed by atoms with Crippen LogP contribution >= 0.6 is 0 Å². The molecular weight excluding hydrogens is 203 g/mol. The summed E-state index contributed by atoms with van der Waals surface area (Å²) in [5, 5.41) is 0. The Hall–Kier alpha value is -1.36. The maximum absolute atomic E-state index is 11.4. The minimum atomic E-state index is -0.130. The molecule has 0 bridgehead atoms. The van der Waals surface area contributed by atoms with Gasteiger partial charge in [0, 0.05) is 13.1 Å². The van der Waals surface area contributed by atoms with Gasteiger partial charge in [-0.2, -0.15) is 0 Å². The van der Waals surface area contributed by atoms with Crippen molar-refractivity contribution in [2.45, 2.75) is 6.32 Å². The van der Waals surface area contributed by atoms with E-state index in [0.717, 1.165) is 18.9 Å². The van der Waals surface area contributed by atoms with Crippen molar-refractivity contribution in [2.75, 3.05) is 31.2 Å². The number of carbonyl (C=O) groups excluding carboxylic acids is 1. The highest BCUT2D eigenvalue weighted by atomic mass is 16.5. The molecule has 1 saturated heterocycles. The Morgan fingerprint density at radius 1 is 1.44 bits per heavy atom. The molecule has 0 aliphatic carbocycles.